The maximum Gasteiger partial charge on any atom is 0.254 e. The molecule has 1 amide bonds. The average Bonchev–Trinajstić information content (AvgIpc) is 3.53. The summed E-state index contributed by atoms with van der Waals surface area (Å²) >= 11 is 0. The van der Waals surface area contributed by atoms with Crippen LogP contribution in [0.2, 0.25) is 0 Å². The van der Waals surface area contributed by atoms with E-state index in [2.05, 4.69) is 0 Å². The van der Waals surface area contributed by atoms with E-state index < -0.39 is 0 Å². The molecule has 0 atom stereocenters. The topological polar surface area (TPSA) is 37.4 Å². The summed E-state index contributed by atoms with van der Waals surface area (Å²) in [6, 6.07) is 19.4. The number of benzene rings is 3. The fraction of sp³-hybridized carbons (Fsp3) is 0.167. The van der Waals surface area contributed by atoms with Gasteiger partial charge in [-0.15, -0.1) is 0 Å². The Morgan fingerprint density at radius 3 is 2.29 bits per heavy atom. The Kier molecular flexibility index (Phi) is 3.86. The van der Waals surface area contributed by atoms with Gasteiger partial charge in [-0.1, -0.05) is 42.5 Å². The summed E-state index contributed by atoms with van der Waals surface area (Å²) < 4.78 is 13.2. The zero-order valence-electron chi connectivity index (χ0n) is 15.2. The molecule has 0 aromatic heterocycles. The quantitative estimate of drug-likeness (QED) is 0.515. The summed E-state index contributed by atoms with van der Waals surface area (Å²) in [5.74, 6) is -0.403. The van der Waals surface area contributed by atoms with Crippen molar-refractivity contribution in [1.82, 2.24) is 4.90 Å². The van der Waals surface area contributed by atoms with Crippen LogP contribution in [0.3, 0.4) is 0 Å². The molecule has 5 rings (SSSR count). The van der Waals surface area contributed by atoms with Crippen LogP contribution in [0.4, 0.5) is 4.39 Å². The van der Waals surface area contributed by atoms with Gasteiger partial charge in [0, 0.05) is 29.3 Å². The molecule has 0 unspecified atom stereocenters. The molecule has 0 saturated heterocycles. The van der Waals surface area contributed by atoms with Gasteiger partial charge in [-0.2, -0.15) is 0 Å². The van der Waals surface area contributed by atoms with Crippen molar-refractivity contribution in [3.63, 3.8) is 0 Å². The van der Waals surface area contributed by atoms with Crippen molar-refractivity contribution in [3.05, 3.63) is 94.8 Å². The lowest BCUT2D eigenvalue weighted by molar-refractivity contribution is 0.0730. The van der Waals surface area contributed by atoms with Crippen LogP contribution in [0.15, 0.2) is 66.7 Å². The molecule has 0 heterocycles. The van der Waals surface area contributed by atoms with Crippen molar-refractivity contribution in [2.75, 3.05) is 0 Å². The van der Waals surface area contributed by atoms with Crippen LogP contribution < -0.4 is 0 Å². The van der Waals surface area contributed by atoms with E-state index in [1.165, 1.54) is 12.1 Å². The SMILES string of the molecule is O=C1c2ccccc2-c2ccc(C(=O)N(Cc3ccc(F)cc3)C3CC3)cc21. The Balaban J connectivity index is 1.46. The molecule has 0 bridgehead atoms. The van der Waals surface area contributed by atoms with E-state index in [9.17, 15) is 14.0 Å². The highest BCUT2D eigenvalue weighted by Gasteiger charge is 2.34. The Labute approximate surface area is 162 Å². The van der Waals surface area contributed by atoms with E-state index >= 15 is 0 Å². The monoisotopic (exact) mass is 371 g/mol. The van der Waals surface area contributed by atoms with Gasteiger partial charge in [0.05, 0.1) is 0 Å². The smallest absolute Gasteiger partial charge is 0.254 e. The molecule has 4 heteroatoms. The summed E-state index contributed by atoms with van der Waals surface area (Å²) in [5, 5.41) is 0. The molecular weight excluding hydrogens is 353 g/mol. The van der Waals surface area contributed by atoms with Crippen molar-refractivity contribution in [3.8, 4) is 11.1 Å². The molecule has 1 fully saturated rings. The second-order valence-electron chi connectivity index (χ2n) is 7.43. The second kappa shape index (κ2) is 6.41. The summed E-state index contributed by atoms with van der Waals surface area (Å²) in [7, 11) is 0. The van der Waals surface area contributed by atoms with Crippen molar-refractivity contribution in [2.24, 2.45) is 0 Å². The number of halogens is 1. The largest absolute Gasteiger partial charge is 0.331 e. The lowest BCUT2D eigenvalue weighted by Crippen LogP contribution is -2.32. The number of carbonyl (C=O) groups excluding carboxylic acids is 2. The van der Waals surface area contributed by atoms with E-state index in [1.54, 1.807) is 24.3 Å². The zero-order chi connectivity index (χ0) is 19.3. The number of fused-ring (bicyclic) bond motifs is 3. The molecular formula is C24H18FNO2. The standard InChI is InChI=1S/C24H18FNO2/c25-17-8-5-15(6-9-17)14-26(18-10-11-18)24(28)16-7-12-20-19-3-1-2-4-21(19)23(27)22(20)13-16/h1-9,12-13,18H,10-11,14H2. The molecule has 28 heavy (non-hydrogen) atoms. The van der Waals surface area contributed by atoms with Crippen molar-refractivity contribution >= 4 is 11.7 Å². The first-order valence-corrected chi connectivity index (χ1v) is 9.45. The predicted octanol–water partition coefficient (Wildman–Crippen LogP) is 4.84. The van der Waals surface area contributed by atoms with Gasteiger partial charge in [0.25, 0.3) is 5.91 Å². The second-order valence-corrected chi connectivity index (χ2v) is 7.43. The first-order chi connectivity index (χ1) is 13.6. The van der Waals surface area contributed by atoms with Crippen molar-refractivity contribution in [1.29, 1.82) is 0 Å². The first-order valence-electron chi connectivity index (χ1n) is 9.45. The maximum absolute atomic E-state index is 13.2. The van der Waals surface area contributed by atoms with Crippen molar-refractivity contribution < 1.29 is 14.0 Å². The van der Waals surface area contributed by atoms with E-state index in [1.807, 2.05) is 35.2 Å². The van der Waals surface area contributed by atoms with Crippen LogP contribution in [-0.4, -0.2) is 22.6 Å². The Morgan fingerprint density at radius 1 is 0.893 bits per heavy atom. The molecule has 1 saturated carbocycles. The molecule has 3 nitrogen and oxygen atoms in total. The fourth-order valence-corrected chi connectivity index (χ4v) is 3.87. The summed E-state index contributed by atoms with van der Waals surface area (Å²) in [6.45, 7) is 0.440. The molecule has 0 aliphatic heterocycles. The van der Waals surface area contributed by atoms with Gasteiger partial charge >= 0.3 is 0 Å². The van der Waals surface area contributed by atoms with Crippen LogP contribution in [-0.2, 0) is 6.54 Å². The van der Waals surface area contributed by atoms with Crippen LogP contribution in [0.1, 0.15) is 44.7 Å². The molecule has 0 radical (unpaired) electrons. The number of amides is 1. The normalized spacial score (nSPS) is 14.5. The van der Waals surface area contributed by atoms with Gasteiger partial charge in [-0.25, -0.2) is 4.39 Å². The van der Waals surface area contributed by atoms with Crippen LogP contribution in [0, 0.1) is 5.82 Å². The number of rotatable bonds is 4. The molecule has 0 N–H and O–H groups in total. The molecule has 2 aliphatic rings. The number of hydrogen-bond donors (Lipinski definition) is 0. The number of hydrogen-bond acceptors (Lipinski definition) is 2. The van der Waals surface area contributed by atoms with Crippen LogP contribution >= 0.6 is 0 Å². The van der Waals surface area contributed by atoms with Crippen LogP contribution in [0.5, 0.6) is 0 Å². The van der Waals surface area contributed by atoms with E-state index in [-0.39, 0.29) is 23.5 Å². The van der Waals surface area contributed by atoms with Gasteiger partial charge in [-0.3, -0.25) is 9.59 Å². The highest BCUT2D eigenvalue weighted by Crippen LogP contribution is 2.37. The highest BCUT2D eigenvalue weighted by atomic mass is 19.1. The van der Waals surface area contributed by atoms with E-state index in [0.29, 0.717) is 23.2 Å². The molecule has 3 aromatic rings. The fourth-order valence-electron chi connectivity index (χ4n) is 3.87. The third-order valence-corrected chi connectivity index (χ3v) is 5.49. The third-order valence-electron chi connectivity index (χ3n) is 5.49. The van der Waals surface area contributed by atoms with Gasteiger partial charge < -0.3 is 4.90 Å². The molecule has 138 valence electrons. The number of carbonyl (C=O) groups is 2. The predicted molar refractivity (Wildman–Crippen MR) is 105 cm³/mol. The number of nitrogens with zero attached hydrogens (tertiary/aromatic N) is 1. The lowest BCUT2D eigenvalue weighted by Gasteiger charge is -2.23. The maximum atomic E-state index is 13.2. The Morgan fingerprint density at radius 2 is 1.57 bits per heavy atom. The Hall–Kier alpha value is -3.27. The number of ketones is 1. The highest BCUT2D eigenvalue weighted by molar-refractivity contribution is 6.22. The third kappa shape index (κ3) is 2.82. The average molecular weight is 371 g/mol. The van der Waals surface area contributed by atoms with Crippen molar-refractivity contribution in [2.45, 2.75) is 25.4 Å². The summed E-state index contributed by atoms with van der Waals surface area (Å²) in [6.07, 6.45) is 1.95. The van der Waals surface area contributed by atoms with E-state index in [4.69, 9.17) is 0 Å². The molecule has 0 spiro atoms. The van der Waals surface area contributed by atoms with Gasteiger partial charge in [0.15, 0.2) is 5.78 Å². The minimum absolute atomic E-state index is 0.0308. The van der Waals surface area contributed by atoms with Crippen LogP contribution in [0.25, 0.3) is 11.1 Å². The lowest BCUT2D eigenvalue weighted by atomic mass is 10.0. The molecule has 3 aromatic carbocycles. The van der Waals surface area contributed by atoms with Gasteiger partial charge in [-0.05, 0) is 53.8 Å². The minimum atomic E-state index is -0.287. The van der Waals surface area contributed by atoms with Gasteiger partial charge in [0.2, 0.25) is 0 Å². The summed E-state index contributed by atoms with van der Waals surface area (Å²) in [5.41, 5.74) is 4.50. The minimum Gasteiger partial charge on any atom is -0.331 e. The zero-order valence-corrected chi connectivity index (χ0v) is 15.2. The molecule has 2 aliphatic carbocycles. The van der Waals surface area contributed by atoms with Gasteiger partial charge in [0.1, 0.15) is 5.82 Å². The Bertz CT molecular complexity index is 1100. The van der Waals surface area contributed by atoms with E-state index in [0.717, 1.165) is 29.5 Å². The summed E-state index contributed by atoms with van der Waals surface area (Å²) in [4.78, 5) is 27.8. The first kappa shape index (κ1) is 16.9.